The number of carbonyl (C=O) groups is 1. The molecule has 0 unspecified atom stereocenters. The van der Waals surface area contributed by atoms with Crippen LogP contribution in [0.4, 0.5) is 5.82 Å². The third-order valence-electron chi connectivity index (χ3n) is 1.82. The Morgan fingerprint density at radius 3 is 3.14 bits per heavy atom. The molecule has 2 aromatic rings. The highest BCUT2D eigenvalue weighted by Gasteiger charge is 2.01. The van der Waals surface area contributed by atoms with Crippen molar-refractivity contribution in [2.45, 2.75) is 6.92 Å². The Bertz CT molecular complexity index is 463. The van der Waals surface area contributed by atoms with Gasteiger partial charge in [0.1, 0.15) is 11.5 Å². The summed E-state index contributed by atoms with van der Waals surface area (Å²) >= 11 is 0. The minimum absolute atomic E-state index is 0.395. The first kappa shape index (κ1) is 8.68. The van der Waals surface area contributed by atoms with E-state index in [4.69, 9.17) is 0 Å². The van der Waals surface area contributed by atoms with E-state index < -0.39 is 0 Å². The largest absolute Gasteiger partial charge is 0.369 e. The van der Waals surface area contributed by atoms with E-state index in [2.05, 4.69) is 15.4 Å². The molecule has 2 heterocycles. The molecule has 0 aromatic carbocycles. The fourth-order valence-electron chi connectivity index (χ4n) is 1.23. The Balaban J connectivity index is 2.48. The first-order chi connectivity index (χ1) is 6.83. The Kier molecular flexibility index (Phi) is 2.14. The van der Waals surface area contributed by atoms with E-state index in [9.17, 15) is 4.79 Å². The number of carbonyl (C=O) groups excluding carboxylic acids is 1. The summed E-state index contributed by atoms with van der Waals surface area (Å²) in [6.07, 6.45) is 2.31. The number of fused-ring (bicyclic) bond motifs is 1. The standard InChI is InChI=1S/C9H10N4O/c1-2-10-8-3-4-9-11-7(6-14)5-13(9)12-8/h3-6H,2H2,1H3,(H,10,12). The summed E-state index contributed by atoms with van der Waals surface area (Å²) in [5, 5.41) is 7.30. The van der Waals surface area contributed by atoms with Crippen molar-refractivity contribution in [2.24, 2.45) is 0 Å². The van der Waals surface area contributed by atoms with Crippen LogP contribution in [-0.4, -0.2) is 27.4 Å². The van der Waals surface area contributed by atoms with Gasteiger partial charge in [-0.15, -0.1) is 5.10 Å². The number of hydrogen-bond acceptors (Lipinski definition) is 4. The van der Waals surface area contributed by atoms with E-state index in [1.807, 2.05) is 19.1 Å². The van der Waals surface area contributed by atoms with Crippen molar-refractivity contribution in [1.82, 2.24) is 14.6 Å². The van der Waals surface area contributed by atoms with Crippen LogP contribution in [0.5, 0.6) is 0 Å². The van der Waals surface area contributed by atoms with Gasteiger partial charge in [0, 0.05) is 6.54 Å². The number of rotatable bonds is 3. The SMILES string of the molecule is CCNc1ccc2nc(C=O)cn2n1. The van der Waals surface area contributed by atoms with Crippen LogP contribution < -0.4 is 5.32 Å². The fraction of sp³-hybridized carbons (Fsp3) is 0.222. The lowest BCUT2D eigenvalue weighted by Gasteiger charge is -2.00. The van der Waals surface area contributed by atoms with Crippen molar-refractivity contribution >= 4 is 17.8 Å². The van der Waals surface area contributed by atoms with Gasteiger partial charge in [-0.3, -0.25) is 4.79 Å². The zero-order valence-electron chi connectivity index (χ0n) is 7.77. The molecule has 5 heteroatoms. The average molecular weight is 190 g/mol. The van der Waals surface area contributed by atoms with Crippen molar-refractivity contribution in [3.63, 3.8) is 0 Å². The van der Waals surface area contributed by atoms with E-state index in [0.717, 1.165) is 12.4 Å². The highest BCUT2D eigenvalue weighted by molar-refractivity contribution is 5.73. The molecule has 0 aliphatic rings. The molecule has 72 valence electrons. The molecule has 0 aliphatic carbocycles. The van der Waals surface area contributed by atoms with Crippen LogP contribution in [0.1, 0.15) is 17.4 Å². The lowest BCUT2D eigenvalue weighted by Crippen LogP contribution is -2.01. The molecule has 0 saturated heterocycles. The second-order valence-corrected chi connectivity index (χ2v) is 2.84. The molecule has 0 spiro atoms. The zero-order chi connectivity index (χ0) is 9.97. The predicted molar refractivity (Wildman–Crippen MR) is 52.5 cm³/mol. The Labute approximate surface area is 80.8 Å². The second kappa shape index (κ2) is 3.45. The molecule has 0 atom stereocenters. The molecular formula is C9H10N4O. The summed E-state index contributed by atoms with van der Waals surface area (Å²) in [4.78, 5) is 14.5. The number of aromatic nitrogens is 3. The minimum atomic E-state index is 0.395. The predicted octanol–water partition coefficient (Wildman–Crippen LogP) is 0.974. The Morgan fingerprint density at radius 1 is 1.57 bits per heavy atom. The van der Waals surface area contributed by atoms with Gasteiger partial charge >= 0.3 is 0 Å². The third-order valence-corrected chi connectivity index (χ3v) is 1.82. The molecule has 0 bridgehead atoms. The lowest BCUT2D eigenvalue weighted by molar-refractivity contribution is 0.111. The molecule has 5 nitrogen and oxygen atoms in total. The van der Waals surface area contributed by atoms with Gasteiger partial charge < -0.3 is 5.32 Å². The molecule has 1 N–H and O–H groups in total. The van der Waals surface area contributed by atoms with Gasteiger partial charge in [-0.1, -0.05) is 0 Å². The van der Waals surface area contributed by atoms with E-state index in [-0.39, 0.29) is 0 Å². The summed E-state index contributed by atoms with van der Waals surface area (Å²) in [5.41, 5.74) is 1.07. The van der Waals surface area contributed by atoms with Crippen LogP contribution in [0, 0.1) is 0 Å². The third kappa shape index (κ3) is 1.44. The van der Waals surface area contributed by atoms with Crippen LogP contribution in [0.2, 0.25) is 0 Å². The zero-order valence-corrected chi connectivity index (χ0v) is 7.77. The highest BCUT2D eigenvalue weighted by atomic mass is 16.1. The maximum absolute atomic E-state index is 10.5. The smallest absolute Gasteiger partial charge is 0.170 e. The molecule has 0 saturated carbocycles. The molecular weight excluding hydrogens is 180 g/mol. The summed E-state index contributed by atoms with van der Waals surface area (Å²) in [5.74, 6) is 0.773. The van der Waals surface area contributed by atoms with E-state index in [1.54, 1.807) is 10.7 Å². The Hall–Kier alpha value is -1.91. The van der Waals surface area contributed by atoms with Crippen molar-refractivity contribution < 1.29 is 4.79 Å². The number of aldehydes is 1. The molecule has 14 heavy (non-hydrogen) atoms. The lowest BCUT2D eigenvalue weighted by atomic mass is 10.5. The maximum Gasteiger partial charge on any atom is 0.170 e. The summed E-state index contributed by atoms with van der Waals surface area (Å²) in [6.45, 7) is 2.81. The van der Waals surface area contributed by atoms with Crippen molar-refractivity contribution in [2.75, 3.05) is 11.9 Å². The van der Waals surface area contributed by atoms with Crippen molar-refractivity contribution in [3.8, 4) is 0 Å². The summed E-state index contributed by atoms with van der Waals surface area (Å²) in [6, 6.07) is 3.65. The molecule has 0 radical (unpaired) electrons. The van der Waals surface area contributed by atoms with Crippen molar-refractivity contribution in [1.29, 1.82) is 0 Å². The van der Waals surface area contributed by atoms with Crippen molar-refractivity contribution in [3.05, 3.63) is 24.0 Å². The first-order valence-electron chi connectivity index (χ1n) is 4.39. The van der Waals surface area contributed by atoms with Gasteiger partial charge in [0.2, 0.25) is 0 Å². The average Bonchev–Trinajstić information content (AvgIpc) is 2.60. The number of nitrogens with zero attached hydrogens (tertiary/aromatic N) is 3. The summed E-state index contributed by atoms with van der Waals surface area (Å²) < 4.78 is 1.59. The van der Waals surface area contributed by atoms with Gasteiger partial charge in [-0.05, 0) is 19.1 Å². The number of hydrogen-bond donors (Lipinski definition) is 1. The van der Waals surface area contributed by atoms with E-state index >= 15 is 0 Å². The van der Waals surface area contributed by atoms with Gasteiger partial charge in [0.25, 0.3) is 0 Å². The van der Waals surface area contributed by atoms with E-state index in [0.29, 0.717) is 17.6 Å². The van der Waals surface area contributed by atoms with E-state index in [1.165, 1.54) is 0 Å². The van der Waals surface area contributed by atoms with Crippen LogP contribution in [0.3, 0.4) is 0 Å². The monoisotopic (exact) mass is 190 g/mol. The summed E-state index contributed by atoms with van der Waals surface area (Å²) in [7, 11) is 0. The first-order valence-corrected chi connectivity index (χ1v) is 4.39. The molecule has 0 amide bonds. The number of imidazole rings is 1. The number of anilines is 1. The fourth-order valence-corrected chi connectivity index (χ4v) is 1.23. The van der Waals surface area contributed by atoms with Gasteiger partial charge in [-0.2, -0.15) is 0 Å². The minimum Gasteiger partial charge on any atom is -0.369 e. The molecule has 0 fully saturated rings. The van der Waals surface area contributed by atoms with Crippen LogP contribution in [-0.2, 0) is 0 Å². The van der Waals surface area contributed by atoms with Crippen LogP contribution in [0.15, 0.2) is 18.3 Å². The molecule has 2 aromatic heterocycles. The normalized spacial score (nSPS) is 10.4. The van der Waals surface area contributed by atoms with Gasteiger partial charge in [0.05, 0.1) is 6.20 Å². The van der Waals surface area contributed by atoms with Crippen LogP contribution >= 0.6 is 0 Å². The number of nitrogens with one attached hydrogen (secondary N) is 1. The maximum atomic E-state index is 10.5. The van der Waals surface area contributed by atoms with Crippen LogP contribution in [0.25, 0.3) is 5.65 Å². The Morgan fingerprint density at radius 2 is 2.43 bits per heavy atom. The van der Waals surface area contributed by atoms with Gasteiger partial charge in [0.15, 0.2) is 11.9 Å². The molecule has 0 aliphatic heterocycles. The second-order valence-electron chi connectivity index (χ2n) is 2.84. The molecule has 2 rings (SSSR count). The highest BCUT2D eigenvalue weighted by Crippen LogP contribution is 2.06. The van der Waals surface area contributed by atoms with Gasteiger partial charge in [-0.25, -0.2) is 9.50 Å². The topological polar surface area (TPSA) is 59.3 Å². The quantitative estimate of drug-likeness (QED) is 0.733.